The minimum absolute atomic E-state index is 0.0525. The number of sulfonamides is 1. The highest BCUT2D eigenvalue weighted by molar-refractivity contribution is 7.89. The number of nitrogens with one attached hydrogen (secondary N) is 1. The van der Waals surface area contributed by atoms with E-state index in [0.717, 1.165) is 17.7 Å². The van der Waals surface area contributed by atoms with E-state index in [2.05, 4.69) is 33.9 Å². The van der Waals surface area contributed by atoms with Crippen molar-refractivity contribution < 1.29 is 17.6 Å². The second-order valence-corrected chi connectivity index (χ2v) is 11.6. The van der Waals surface area contributed by atoms with Crippen molar-refractivity contribution in [2.45, 2.75) is 23.4 Å². The lowest BCUT2D eigenvalue weighted by Gasteiger charge is -2.40. The highest BCUT2D eigenvalue weighted by Gasteiger charge is 2.33. The fraction of sp³-hybridized carbons (Fsp3) is 0.219. The van der Waals surface area contributed by atoms with Gasteiger partial charge < -0.3 is 4.90 Å². The van der Waals surface area contributed by atoms with Gasteiger partial charge in [-0.05, 0) is 47.4 Å². The van der Waals surface area contributed by atoms with E-state index in [1.54, 1.807) is 4.90 Å². The zero-order valence-corrected chi connectivity index (χ0v) is 22.9. The molecular weight excluding hydrogens is 525 g/mol. The quantitative estimate of drug-likeness (QED) is 0.325. The van der Waals surface area contributed by atoms with Crippen molar-refractivity contribution >= 4 is 15.9 Å². The zero-order valence-electron chi connectivity index (χ0n) is 22.1. The van der Waals surface area contributed by atoms with E-state index in [1.165, 1.54) is 23.3 Å². The third kappa shape index (κ3) is 6.65. The summed E-state index contributed by atoms with van der Waals surface area (Å²) in [5.41, 5.74) is 3.21. The van der Waals surface area contributed by atoms with Crippen LogP contribution in [0, 0.1) is 5.82 Å². The van der Waals surface area contributed by atoms with Crippen molar-refractivity contribution in [1.29, 1.82) is 0 Å². The van der Waals surface area contributed by atoms with Gasteiger partial charge in [0, 0.05) is 26.2 Å². The summed E-state index contributed by atoms with van der Waals surface area (Å²) in [4.78, 5) is 17.8. The minimum atomic E-state index is -4.05. The fourth-order valence-corrected chi connectivity index (χ4v) is 6.39. The van der Waals surface area contributed by atoms with Crippen LogP contribution in [0.5, 0.6) is 0 Å². The average Bonchev–Trinajstić information content (AvgIpc) is 2.99. The third-order valence-corrected chi connectivity index (χ3v) is 8.71. The lowest BCUT2D eigenvalue weighted by Crippen LogP contribution is -2.56. The van der Waals surface area contributed by atoms with Gasteiger partial charge in [0.1, 0.15) is 11.9 Å². The average molecular weight is 558 g/mol. The molecular formula is C32H32FN3O3S. The van der Waals surface area contributed by atoms with Gasteiger partial charge in [-0.2, -0.15) is 4.72 Å². The molecule has 8 heteroatoms. The number of nitrogens with zero attached hydrogens (tertiary/aromatic N) is 2. The van der Waals surface area contributed by atoms with Crippen LogP contribution in [-0.2, 0) is 21.2 Å². The summed E-state index contributed by atoms with van der Waals surface area (Å²) >= 11 is 0. The van der Waals surface area contributed by atoms with E-state index < -0.39 is 21.9 Å². The predicted molar refractivity (Wildman–Crippen MR) is 154 cm³/mol. The SMILES string of the molecule is O=C([C@@H](Cc1ccccc1)NS(=O)(=O)c1ccc(F)cc1)N1CCN(C(c2ccccc2)c2ccccc2)CC1. The van der Waals surface area contributed by atoms with Crippen LogP contribution >= 0.6 is 0 Å². The number of piperazine rings is 1. The molecule has 1 atom stereocenters. The Morgan fingerprint density at radius 3 is 1.75 bits per heavy atom. The largest absolute Gasteiger partial charge is 0.339 e. The predicted octanol–water partition coefficient (Wildman–Crippen LogP) is 4.65. The maximum absolute atomic E-state index is 13.8. The molecule has 1 heterocycles. The first-order valence-electron chi connectivity index (χ1n) is 13.4. The van der Waals surface area contributed by atoms with Gasteiger partial charge in [-0.25, -0.2) is 12.8 Å². The number of hydrogen-bond donors (Lipinski definition) is 1. The zero-order chi connectivity index (χ0) is 28.0. The van der Waals surface area contributed by atoms with Crippen molar-refractivity contribution in [3.05, 3.63) is 138 Å². The Bertz CT molecular complexity index is 1450. The second-order valence-electron chi connectivity index (χ2n) is 9.90. The Labute approximate surface area is 235 Å². The van der Waals surface area contributed by atoms with Gasteiger partial charge in [0.05, 0.1) is 10.9 Å². The lowest BCUT2D eigenvalue weighted by molar-refractivity contribution is -0.135. The van der Waals surface area contributed by atoms with Crippen LogP contribution in [-0.4, -0.2) is 56.3 Å². The highest BCUT2D eigenvalue weighted by Crippen LogP contribution is 2.29. The molecule has 0 aromatic heterocycles. The molecule has 1 aliphatic rings. The molecule has 0 radical (unpaired) electrons. The van der Waals surface area contributed by atoms with Crippen molar-refractivity contribution in [3.63, 3.8) is 0 Å². The van der Waals surface area contributed by atoms with Gasteiger partial charge in [-0.1, -0.05) is 91.0 Å². The summed E-state index contributed by atoms with van der Waals surface area (Å²) in [6.07, 6.45) is 0.205. The standard InChI is InChI=1S/C32H32FN3O3S/c33-28-16-18-29(19-17-28)40(38,39)34-30(24-25-10-4-1-5-11-25)32(37)36-22-20-35(21-23-36)31(26-12-6-2-7-13-26)27-14-8-3-9-15-27/h1-19,30-31,34H,20-24H2/t30-/m1/s1. The summed E-state index contributed by atoms with van der Waals surface area (Å²) in [6.45, 7) is 2.23. The normalized spacial score (nSPS) is 15.2. The molecule has 1 saturated heterocycles. The van der Waals surface area contributed by atoms with E-state index in [0.29, 0.717) is 26.2 Å². The molecule has 1 fully saturated rings. The van der Waals surface area contributed by atoms with E-state index in [9.17, 15) is 17.6 Å². The van der Waals surface area contributed by atoms with Gasteiger partial charge >= 0.3 is 0 Å². The van der Waals surface area contributed by atoms with E-state index >= 15 is 0 Å². The molecule has 1 amide bonds. The van der Waals surface area contributed by atoms with Crippen LogP contribution in [0.4, 0.5) is 4.39 Å². The first kappa shape index (κ1) is 27.7. The van der Waals surface area contributed by atoms with Gasteiger partial charge in [-0.15, -0.1) is 0 Å². The summed E-state index contributed by atoms with van der Waals surface area (Å²) in [5.74, 6) is -0.803. The molecule has 0 spiro atoms. The van der Waals surface area contributed by atoms with Gasteiger partial charge in [0.2, 0.25) is 15.9 Å². The Morgan fingerprint density at radius 1 is 0.725 bits per heavy atom. The Balaban J connectivity index is 1.34. The number of halogens is 1. The molecule has 1 aliphatic heterocycles. The highest BCUT2D eigenvalue weighted by atomic mass is 32.2. The van der Waals surface area contributed by atoms with Crippen LogP contribution in [0.3, 0.4) is 0 Å². The molecule has 0 saturated carbocycles. The second kappa shape index (κ2) is 12.6. The molecule has 0 unspecified atom stereocenters. The van der Waals surface area contributed by atoms with Crippen molar-refractivity contribution in [3.8, 4) is 0 Å². The fourth-order valence-electron chi connectivity index (χ4n) is 5.20. The number of rotatable bonds is 9. The summed E-state index contributed by atoms with van der Waals surface area (Å²) in [6, 6.07) is 33.6. The summed E-state index contributed by atoms with van der Waals surface area (Å²) in [5, 5.41) is 0. The van der Waals surface area contributed by atoms with Crippen molar-refractivity contribution in [2.75, 3.05) is 26.2 Å². The number of benzene rings is 4. The van der Waals surface area contributed by atoms with Gasteiger partial charge in [-0.3, -0.25) is 9.69 Å². The smallest absolute Gasteiger partial charge is 0.241 e. The Hall–Kier alpha value is -3.85. The van der Waals surface area contributed by atoms with Crippen LogP contribution in [0.25, 0.3) is 0 Å². The van der Waals surface area contributed by atoms with Gasteiger partial charge in [0.25, 0.3) is 0 Å². The minimum Gasteiger partial charge on any atom is -0.339 e. The molecule has 206 valence electrons. The van der Waals surface area contributed by atoms with Crippen molar-refractivity contribution in [1.82, 2.24) is 14.5 Å². The Morgan fingerprint density at radius 2 is 1.23 bits per heavy atom. The molecule has 6 nitrogen and oxygen atoms in total. The molecule has 0 aliphatic carbocycles. The molecule has 5 rings (SSSR count). The first-order chi connectivity index (χ1) is 19.4. The van der Waals surface area contributed by atoms with E-state index in [-0.39, 0.29) is 23.3 Å². The molecule has 40 heavy (non-hydrogen) atoms. The summed E-state index contributed by atoms with van der Waals surface area (Å²) in [7, 11) is -4.05. The third-order valence-electron chi connectivity index (χ3n) is 7.22. The number of amides is 1. The van der Waals surface area contributed by atoms with Gasteiger partial charge in [0.15, 0.2) is 0 Å². The molecule has 1 N–H and O–H groups in total. The van der Waals surface area contributed by atoms with Crippen LogP contribution in [0.1, 0.15) is 22.7 Å². The maximum Gasteiger partial charge on any atom is 0.241 e. The number of hydrogen-bond acceptors (Lipinski definition) is 4. The maximum atomic E-state index is 13.8. The number of carbonyl (C=O) groups is 1. The first-order valence-corrected chi connectivity index (χ1v) is 14.8. The van der Waals surface area contributed by atoms with Crippen LogP contribution in [0.2, 0.25) is 0 Å². The molecule has 4 aromatic rings. The van der Waals surface area contributed by atoms with Crippen LogP contribution in [0.15, 0.2) is 120 Å². The Kier molecular flexibility index (Phi) is 8.69. The van der Waals surface area contributed by atoms with Crippen LogP contribution < -0.4 is 4.72 Å². The molecule has 0 bridgehead atoms. The topological polar surface area (TPSA) is 69.7 Å². The van der Waals surface area contributed by atoms with E-state index in [4.69, 9.17) is 0 Å². The molecule has 4 aromatic carbocycles. The number of carbonyl (C=O) groups excluding carboxylic acids is 1. The lowest BCUT2D eigenvalue weighted by atomic mass is 9.96. The van der Waals surface area contributed by atoms with E-state index in [1.807, 2.05) is 66.7 Å². The monoisotopic (exact) mass is 557 g/mol. The van der Waals surface area contributed by atoms with Crippen molar-refractivity contribution in [2.24, 2.45) is 0 Å². The summed E-state index contributed by atoms with van der Waals surface area (Å²) < 4.78 is 42.4.